The molecule has 0 aliphatic carbocycles. The van der Waals surface area contributed by atoms with E-state index in [2.05, 4.69) is 5.32 Å². The molecule has 0 heterocycles. The average molecular weight is 284 g/mol. The summed E-state index contributed by atoms with van der Waals surface area (Å²) in [4.78, 5) is 0. The van der Waals surface area contributed by atoms with E-state index in [1.54, 1.807) is 6.92 Å². The minimum absolute atomic E-state index is 0.312. The van der Waals surface area contributed by atoms with Gasteiger partial charge in [-0.1, -0.05) is 23.2 Å². The molecule has 1 N–H and O–H groups in total. The summed E-state index contributed by atoms with van der Waals surface area (Å²) in [6, 6.07) is 3.68. The summed E-state index contributed by atoms with van der Waals surface area (Å²) in [6.45, 7) is 2.14. The Balaban J connectivity index is 2.90. The van der Waals surface area contributed by atoms with Gasteiger partial charge in [-0.15, -0.1) is 0 Å². The van der Waals surface area contributed by atoms with Crippen LogP contribution in [0.15, 0.2) is 29.3 Å². The van der Waals surface area contributed by atoms with Crippen LogP contribution in [0.2, 0.25) is 5.02 Å². The number of hydrogen-bond donors (Lipinski definition) is 1. The van der Waals surface area contributed by atoms with E-state index in [1.807, 2.05) is 0 Å². The lowest BCUT2D eigenvalue weighted by Gasteiger charge is -2.12. The third-order valence-corrected chi connectivity index (χ3v) is 2.73. The Hall–Kier alpha value is -0.870. The topological polar surface area (TPSA) is 12.0 Å². The smallest absolute Gasteiger partial charge is 0.381 e. The molecule has 1 rings (SSSR count). The normalized spacial score (nSPS) is 12.7. The summed E-state index contributed by atoms with van der Waals surface area (Å²) >= 11 is 10.9. The van der Waals surface area contributed by atoms with Gasteiger partial charge in [-0.2, -0.15) is 13.2 Å². The quantitative estimate of drug-likeness (QED) is 0.831. The summed E-state index contributed by atoms with van der Waals surface area (Å²) in [6.07, 6.45) is -4.45. The van der Waals surface area contributed by atoms with Crippen LogP contribution in [0.1, 0.15) is 12.5 Å². The summed E-state index contributed by atoms with van der Waals surface area (Å²) in [5.41, 5.74) is 1.68. The lowest BCUT2D eigenvalue weighted by atomic mass is 10.2. The summed E-state index contributed by atoms with van der Waals surface area (Å²) < 4.78 is 37.6. The molecule has 94 valence electrons. The van der Waals surface area contributed by atoms with Crippen LogP contribution in [0.3, 0.4) is 0 Å². The van der Waals surface area contributed by atoms with Crippen molar-refractivity contribution in [3.63, 3.8) is 0 Å². The molecule has 0 amide bonds. The van der Waals surface area contributed by atoms with Crippen molar-refractivity contribution in [2.75, 3.05) is 11.9 Å². The van der Waals surface area contributed by atoms with Gasteiger partial charge in [0.25, 0.3) is 0 Å². The highest BCUT2D eigenvalue weighted by Gasteiger charge is 2.33. The average Bonchev–Trinajstić information content (AvgIpc) is 2.26. The van der Waals surface area contributed by atoms with Crippen LogP contribution in [0.25, 0.3) is 0 Å². The highest BCUT2D eigenvalue weighted by atomic mass is 35.5. The SMILES string of the molecule is C/C(=C/Cl)CNc1ccc(Cl)c(C(F)(F)F)c1. The first-order valence-electron chi connectivity index (χ1n) is 4.71. The van der Waals surface area contributed by atoms with Crippen molar-refractivity contribution in [3.8, 4) is 0 Å². The molecule has 0 bridgehead atoms. The lowest BCUT2D eigenvalue weighted by molar-refractivity contribution is -0.137. The molecule has 0 aliphatic heterocycles. The molecule has 0 spiro atoms. The van der Waals surface area contributed by atoms with Gasteiger partial charge >= 0.3 is 6.18 Å². The van der Waals surface area contributed by atoms with Crippen LogP contribution < -0.4 is 5.32 Å². The Bertz CT molecular complexity index is 427. The standard InChI is InChI=1S/C11H10Cl2F3N/c1-7(5-12)6-17-8-2-3-10(13)9(4-8)11(14,15)16/h2-5,17H,6H2,1H3/b7-5-. The number of anilines is 1. The van der Waals surface area contributed by atoms with E-state index in [1.165, 1.54) is 17.7 Å². The summed E-state index contributed by atoms with van der Waals surface area (Å²) in [5, 5.41) is 2.51. The molecule has 1 nitrogen and oxygen atoms in total. The first-order chi connectivity index (χ1) is 7.84. The number of nitrogens with one attached hydrogen (secondary N) is 1. The van der Waals surface area contributed by atoms with Gasteiger partial charge in [0.1, 0.15) is 0 Å². The summed E-state index contributed by atoms with van der Waals surface area (Å²) in [7, 11) is 0. The molecule has 0 aliphatic rings. The number of alkyl halides is 3. The number of hydrogen-bond acceptors (Lipinski definition) is 1. The summed E-state index contributed by atoms with van der Waals surface area (Å²) in [5.74, 6) is 0. The fourth-order valence-corrected chi connectivity index (χ4v) is 1.43. The minimum atomic E-state index is -4.45. The van der Waals surface area contributed by atoms with Crippen molar-refractivity contribution >= 4 is 28.9 Å². The maximum atomic E-state index is 12.5. The Morgan fingerprint density at radius 2 is 2.06 bits per heavy atom. The molecule has 1 aromatic rings. The third-order valence-electron chi connectivity index (χ3n) is 2.03. The van der Waals surface area contributed by atoms with E-state index in [0.717, 1.165) is 11.6 Å². The van der Waals surface area contributed by atoms with Gasteiger partial charge in [-0.05, 0) is 30.7 Å². The van der Waals surface area contributed by atoms with Gasteiger partial charge in [0, 0.05) is 17.8 Å². The molecule has 0 fully saturated rings. The monoisotopic (exact) mass is 283 g/mol. The van der Waals surface area contributed by atoms with E-state index in [4.69, 9.17) is 23.2 Å². The Morgan fingerprint density at radius 1 is 1.41 bits per heavy atom. The van der Waals surface area contributed by atoms with Crippen LogP contribution >= 0.6 is 23.2 Å². The van der Waals surface area contributed by atoms with Gasteiger partial charge < -0.3 is 5.32 Å². The molecule has 0 atom stereocenters. The van der Waals surface area contributed by atoms with Gasteiger partial charge in [-0.25, -0.2) is 0 Å². The maximum Gasteiger partial charge on any atom is 0.417 e. The second-order valence-electron chi connectivity index (χ2n) is 3.50. The van der Waals surface area contributed by atoms with Gasteiger partial charge in [0.2, 0.25) is 0 Å². The zero-order valence-corrected chi connectivity index (χ0v) is 10.4. The van der Waals surface area contributed by atoms with Crippen molar-refractivity contribution in [1.82, 2.24) is 0 Å². The number of rotatable bonds is 3. The highest BCUT2D eigenvalue weighted by molar-refractivity contribution is 6.31. The Labute approximate surface area is 107 Å². The first kappa shape index (κ1) is 14.2. The van der Waals surface area contributed by atoms with Crippen LogP contribution in [0, 0.1) is 0 Å². The molecule has 17 heavy (non-hydrogen) atoms. The Morgan fingerprint density at radius 3 is 2.59 bits per heavy atom. The zero-order valence-electron chi connectivity index (χ0n) is 8.91. The van der Waals surface area contributed by atoms with E-state index in [9.17, 15) is 13.2 Å². The highest BCUT2D eigenvalue weighted by Crippen LogP contribution is 2.36. The van der Waals surface area contributed by atoms with E-state index >= 15 is 0 Å². The zero-order chi connectivity index (χ0) is 13.1. The van der Waals surface area contributed by atoms with Crippen molar-refractivity contribution in [3.05, 3.63) is 39.9 Å². The molecule has 1 aromatic carbocycles. The Kier molecular flexibility index (Phi) is 4.71. The van der Waals surface area contributed by atoms with Gasteiger partial charge in [-0.3, -0.25) is 0 Å². The maximum absolute atomic E-state index is 12.5. The van der Waals surface area contributed by atoms with Gasteiger partial charge in [0.05, 0.1) is 10.6 Å². The fraction of sp³-hybridized carbons (Fsp3) is 0.273. The van der Waals surface area contributed by atoms with Crippen LogP contribution in [0.4, 0.5) is 18.9 Å². The lowest BCUT2D eigenvalue weighted by Crippen LogP contribution is -2.08. The van der Waals surface area contributed by atoms with Crippen molar-refractivity contribution < 1.29 is 13.2 Å². The van der Waals surface area contributed by atoms with Crippen LogP contribution in [0.5, 0.6) is 0 Å². The van der Waals surface area contributed by atoms with Crippen molar-refractivity contribution in [2.45, 2.75) is 13.1 Å². The predicted molar refractivity (Wildman–Crippen MR) is 64.6 cm³/mol. The molecule has 6 heteroatoms. The second-order valence-corrected chi connectivity index (χ2v) is 4.13. The molecule has 0 radical (unpaired) electrons. The second kappa shape index (κ2) is 5.65. The minimum Gasteiger partial charge on any atom is -0.381 e. The third kappa shape index (κ3) is 4.13. The van der Waals surface area contributed by atoms with E-state index in [-0.39, 0.29) is 5.02 Å². The fourth-order valence-electron chi connectivity index (χ4n) is 1.13. The van der Waals surface area contributed by atoms with Crippen molar-refractivity contribution in [1.29, 1.82) is 0 Å². The number of benzene rings is 1. The van der Waals surface area contributed by atoms with E-state index < -0.39 is 11.7 Å². The molecule has 0 saturated carbocycles. The van der Waals surface area contributed by atoms with Gasteiger partial charge in [0.15, 0.2) is 0 Å². The number of halogens is 5. The largest absolute Gasteiger partial charge is 0.417 e. The molecule has 0 unspecified atom stereocenters. The first-order valence-corrected chi connectivity index (χ1v) is 5.52. The van der Waals surface area contributed by atoms with E-state index in [0.29, 0.717) is 12.2 Å². The molecule has 0 aromatic heterocycles. The molecule has 0 saturated heterocycles. The predicted octanol–water partition coefficient (Wildman–Crippen LogP) is 4.91. The molecular weight excluding hydrogens is 274 g/mol. The van der Waals surface area contributed by atoms with Crippen LogP contribution in [-0.2, 0) is 6.18 Å². The van der Waals surface area contributed by atoms with Crippen LogP contribution in [-0.4, -0.2) is 6.54 Å². The van der Waals surface area contributed by atoms with Crippen molar-refractivity contribution in [2.24, 2.45) is 0 Å². The molecular formula is C11H10Cl2F3N.